The standard InChI is InChI=1S/C14H18ClNO2/c1-3-10-4-11-6-16(2)14(7-17-8-14)9-18-13(11)12(15)5-10/h4-5H,3,6-9H2,1-2H3. The maximum Gasteiger partial charge on any atom is 0.142 e. The van der Waals surface area contributed by atoms with Crippen molar-refractivity contribution < 1.29 is 9.47 Å². The van der Waals surface area contributed by atoms with Crippen molar-refractivity contribution in [2.45, 2.75) is 25.4 Å². The molecule has 0 amide bonds. The third-order valence-electron chi connectivity index (χ3n) is 4.03. The number of halogens is 1. The first-order valence-corrected chi connectivity index (χ1v) is 6.75. The van der Waals surface area contributed by atoms with Crippen molar-refractivity contribution in [2.75, 3.05) is 26.9 Å². The van der Waals surface area contributed by atoms with Crippen molar-refractivity contribution in [3.63, 3.8) is 0 Å². The Morgan fingerprint density at radius 1 is 1.33 bits per heavy atom. The Balaban J connectivity index is 1.97. The molecule has 1 fully saturated rings. The molecule has 2 aliphatic heterocycles. The highest BCUT2D eigenvalue weighted by Gasteiger charge is 2.45. The molecule has 0 aromatic heterocycles. The molecule has 0 saturated carbocycles. The minimum Gasteiger partial charge on any atom is -0.490 e. The van der Waals surface area contributed by atoms with Gasteiger partial charge in [0.1, 0.15) is 17.9 Å². The molecule has 0 radical (unpaired) electrons. The molecule has 0 bridgehead atoms. The Hall–Kier alpha value is -0.770. The normalized spacial score (nSPS) is 21.9. The summed E-state index contributed by atoms with van der Waals surface area (Å²) in [4.78, 5) is 2.33. The van der Waals surface area contributed by atoms with E-state index in [1.807, 2.05) is 6.07 Å². The summed E-state index contributed by atoms with van der Waals surface area (Å²) in [6, 6.07) is 4.21. The number of nitrogens with zero attached hydrogens (tertiary/aromatic N) is 1. The summed E-state index contributed by atoms with van der Waals surface area (Å²) in [7, 11) is 2.13. The third kappa shape index (κ3) is 1.81. The van der Waals surface area contributed by atoms with Gasteiger partial charge < -0.3 is 9.47 Å². The Bertz CT molecular complexity index is 471. The van der Waals surface area contributed by atoms with Gasteiger partial charge in [-0.3, -0.25) is 4.90 Å². The fourth-order valence-electron chi connectivity index (χ4n) is 2.58. The maximum atomic E-state index is 6.33. The van der Waals surface area contributed by atoms with E-state index >= 15 is 0 Å². The molecule has 1 spiro atoms. The predicted molar refractivity (Wildman–Crippen MR) is 71.3 cm³/mol. The first-order valence-electron chi connectivity index (χ1n) is 6.38. The highest BCUT2D eigenvalue weighted by molar-refractivity contribution is 6.32. The van der Waals surface area contributed by atoms with Gasteiger partial charge in [0, 0.05) is 12.1 Å². The summed E-state index contributed by atoms with van der Waals surface area (Å²) in [5, 5.41) is 0.732. The second-order valence-electron chi connectivity index (χ2n) is 5.28. The van der Waals surface area contributed by atoms with E-state index in [0.29, 0.717) is 6.61 Å². The highest BCUT2D eigenvalue weighted by atomic mass is 35.5. The Morgan fingerprint density at radius 3 is 2.72 bits per heavy atom. The van der Waals surface area contributed by atoms with Gasteiger partial charge in [0.05, 0.1) is 18.2 Å². The summed E-state index contributed by atoms with van der Waals surface area (Å²) in [5.74, 6) is 0.851. The van der Waals surface area contributed by atoms with Gasteiger partial charge in [0.15, 0.2) is 0 Å². The van der Waals surface area contributed by atoms with Crippen molar-refractivity contribution in [2.24, 2.45) is 0 Å². The number of ether oxygens (including phenoxy) is 2. The van der Waals surface area contributed by atoms with Gasteiger partial charge in [0.2, 0.25) is 0 Å². The molecule has 2 heterocycles. The quantitative estimate of drug-likeness (QED) is 0.780. The number of rotatable bonds is 1. The number of aryl methyl sites for hydroxylation is 1. The molecule has 0 N–H and O–H groups in total. The largest absolute Gasteiger partial charge is 0.490 e. The molecule has 2 aliphatic rings. The lowest BCUT2D eigenvalue weighted by atomic mass is 9.96. The van der Waals surface area contributed by atoms with Crippen LogP contribution in [-0.2, 0) is 17.7 Å². The van der Waals surface area contributed by atoms with E-state index in [1.165, 1.54) is 11.1 Å². The molecule has 4 heteroatoms. The van der Waals surface area contributed by atoms with Crippen LogP contribution in [0.5, 0.6) is 5.75 Å². The summed E-state index contributed by atoms with van der Waals surface area (Å²) >= 11 is 6.33. The SMILES string of the molecule is CCc1cc(Cl)c2c(c1)CN(C)C1(COC1)CO2. The third-order valence-corrected chi connectivity index (χ3v) is 4.31. The smallest absolute Gasteiger partial charge is 0.142 e. The van der Waals surface area contributed by atoms with Crippen molar-refractivity contribution in [1.82, 2.24) is 4.90 Å². The zero-order valence-electron chi connectivity index (χ0n) is 10.8. The van der Waals surface area contributed by atoms with Crippen molar-refractivity contribution >= 4 is 11.6 Å². The first-order chi connectivity index (χ1) is 8.64. The molecule has 1 saturated heterocycles. The van der Waals surface area contributed by atoms with Crippen LogP contribution in [0.25, 0.3) is 0 Å². The lowest BCUT2D eigenvalue weighted by molar-refractivity contribution is -0.147. The van der Waals surface area contributed by atoms with Crippen LogP contribution in [-0.4, -0.2) is 37.3 Å². The average Bonchev–Trinajstić information content (AvgIpc) is 2.44. The highest BCUT2D eigenvalue weighted by Crippen LogP contribution is 2.37. The monoisotopic (exact) mass is 267 g/mol. The van der Waals surface area contributed by atoms with Gasteiger partial charge in [-0.25, -0.2) is 0 Å². The Morgan fingerprint density at radius 2 is 2.11 bits per heavy atom. The second-order valence-corrected chi connectivity index (χ2v) is 5.69. The van der Waals surface area contributed by atoms with Gasteiger partial charge in [0.25, 0.3) is 0 Å². The van der Waals surface area contributed by atoms with Crippen LogP contribution >= 0.6 is 11.6 Å². The number of hydrogen-bond donors (Lipinski definition) is 0. The van der Waals surface area contributed by atoms with E-state index < -0.39 is 0 Å². The fraction of sp³-hybridized carbons (Fsp3) is 0.571. The van der Waals surface area contributed by atoms with Crippen molar-refractivity contribution in [1.29, 1.82) is 0 Å². The second kappa shape index (κ2) is 4.41. The van der Waals surface area contributed by atoms with E-state index in [1.54, 1.807) is 0 Å². The minimum atomic E-state index is 0.0364. The molecule has 0 unspecified atom stereocenters. The van der Waals surface area contributed by atoms with E-state index in [-0.39, 0.29) is 5.54 Å². The molecule has 1 aromatic rings. The molecule has 1 aromatic carbocycles. The van der Waals surface area contributed by atoms with Crippen molar-refractivity contribution in [3.05, 3.63) is 28.3 Å². The number of benzene rings is 1. The molecule has 98 valence electrons. The molecule has 3 nitrogen and oxygen atoms in total. The van der Waals surface area contributed by atoms with Crippen molar-refractivity contribution in [3.8, 4) is 5.75 Å². The van der Waals surface area contributed by atoms with Gasteiger partial charge in [-0.05, 0) is 25.1 Å². The summed E-state index contributed by atoms with van der Waals surface area (Å²) in [6.07, 6.45) is 0.991. The first kappa shape index (κ1) is 12.3. The van der Waals surface area contributed by atoms with E-state index in [4.69, 9.17) is 21.1 Å². The maximum absolute atomic E-state index is 6.33. The number of fused-ring (bicyclic) bond motifs is 1. The minimum absolute atomic E-state index is 0.0364. The average molecular weight is 268 g/mol. The lowest BCUT2D eigenvalue weighted by Gasteiger charge is -2.46. The van der Waals surface area contributed by atoms with Gasteiger partial charge in [-0.2, -0.15) is 0 Å². The van der Waals surface area contributed by atoms with Crippen LogP contribution in [0.3, 0.4) is 0 Å². The number of likely N-dealkylation sites (N-methyl/N-ethyl adjacent to an activating group) is 1. The zero-order chi connectivity index (χ0) is 12.8. The van der Waals surface area contributed by atoms with Crippen LogP contribution in [0, 0.1) is 0 Å². The van der Waals surface area contributed by atoms with Crippen LogP contribution in [0.4, 0.5) is 0 Å². The zero-order valence-corrected chi connectivity index (χ0v) is 11.6. The van der Waals surface area contributed by atoms with E-state index in [2.05, 4.69) is 24.9 Å². The predicted octanol–water partition coefficient (Wildman–Crippen LogP) is 2.50. The van der Waals surface area contributed by atoms with Crippen LogP contribution in [0.15, 0.2) is 12.1 Å². The van der Waals surface area contributed by atoms with E-state index in [0.717, 1.165) is 37.0 Å². The molecule has 0 aliphatic carbocycles. The molecule has 0 atom stereocenters. The number of hydrogen-bond acceptors (Lipinski definition) is 3. The Kier molecular flexibility index (Phi) is 3.00. The van der Waals surface area contributed by atoms with Crippen LogP contribution in [0.2, 0.25) is 5.02 Å². The fourth-order valence-corrected chi connectivity index (χ4v) is 2.89. The summed E-state index contributed by atoms with van der Waals surface area (Å²) in [6.45, 7) is 5.15. The molecular weight excluding hydrogens is 250 g/mol. The molecule has 18 heavy (non-hydrogen) atoms. The van der Waals surface area contributed by atoms with Crippen LogP contribution < -0.4 is 4.74 Å². The van der Waals surface area contributed by atoms with E-state index in [9.17, 15) is 0 Å². The summed E-state index contributed by atoms with van der Waals surface area (Å²) in [5.41, 5.74) is 2.48. The van der Waals surface area contributed by atoms with Gasteiger partial charge >= 0.3 is 0 Å². The lowest BCUT2D eigenvalue weighted by Crippen LogP contribution is -2.63. The summed E-state index contributed by atoms with van der Waals surface area (Å²) < 4.78 is 11.3. The van der Waals surface area contributed by atoms with Gasteiger partial charge in [-0.15, -0.1) is 0 Å². The molecular formula is C14H18ClNO2. The Labute approximate surface area is 113 Å². The van der Waals surface area contributed by atoms with Crippen LogP contribution in [0.1, 0.15) is 18.1 Å². The van der Waals surface area contributed by atoms with Gasteiger partial charge in [-0.1, -0.05) is 24.6 Å². The molecule has 3 rings (SSSR count). The topological polar surface area (TPSA) is 21.7 Å².